The lowest BCUT2D eigenvalue weighted by Crippen LogP contribution is -2.39. The number of rotatable bonds is 1. The van der Waals surface area contributed by atoms with Crippen LogP contribution in [-0.2, 0) is 0 Å². The molecule has 1 unspecified atom stereocenters. The molecule has 0 bridgehead atoms. The molecule has 1 aliphatic heterocycles. The summed E-state index contributed by atoms with van der Waals surface area (Å²) in [5.74, 6) is 4.33. The van der Waals surface area contributed by atoms with E-state index in [4.69, 9.17) is 23.1 Å². The molecule has 0 saturated carbocycles. The highest BCUT2D eigenvalue weighted by Gasteiger charge is 2.56. The molecule has 1 saturated heterocycles. The van der Waals surface area contributed by atoms with Crippen LogP contribution in [0.25, 0.3) is 22.3 Å². The number of hydrogen-bond acceptors (Lipinski definition) is 5. The number of nitrogens with zero attached hydrogens (tertiary/aromatic N) is 3. The van der Waals surface area contributed by atoms with E-state index in [2.05, 4.69) is 21.8 Å². The second kappa shape index (κ2) is 7.80. The van der Waals surface area contributed by atoms with Gasteiger partial charge < -0.3 is 16.4 Å². The number of aromatic nitrogens is 2. The summed E-state index contributed by atoms with van der Waals surface area (Å²) in [5.41, 5.74) is 10.5. The third-order valence-electron chi connectivity index (χ3n) is 5.53. The van der Waals surface area contributed by atoms with Crippen molar-refractivity contribution in [2.24, 2.45) is 5.41 Å². The zero-order valence-electron chi connectivity index (χ0n) is 16.9. The van der Waals surface area contributed by atoms with Crippen molar-refractivity contribution in [2.75, 3.05) is 31.6 Å². The minimum Gasteiger partial charge on any atom is -0.398 e. The number of nitrogens with two attached hydrogens (primary N) is 2. The molecule has 32 heavy (non-hydrogen) atoms. The summed E-state index contributed by atoms with van der Waals surface area (Å²) in [6.45, 7) is 0.0734. The molecule has 1 aliphatic rings. The lowest BCUT2D eigenvalue weighted by atomic mass is 9.86. The lowest BCUT2D eigenvalue weighted by molar-refractivity contribution is -0.197. The van der Waals surface area contributed by atoms with Crippen molar-refractivity contribution in [3.63, 3.8) is 0 Å². The van der Waals surface area contributed by atoms with E-state index in [0.717, 1.165) is 0 Å². The van der Waals surface area contributed by atoms with Crippen LogP contribution in [0.15, 0.2) is 30.3 Å². The van der Waals surface area contributed by atoms with E-state index < -0.39 is 17.4 Å². The molecule has 1 fully saturated rings. The summed E-state index contributed by atoms with van der Waals surface area (Å²) >= 11 is 5.84. The first-order valence-corrected chi connectivity index (χ1v) is 9.98. The van der Waals surface area contributed by atoms with E-state index in [0.29, 0.717) is 11.9 Å². The smallest absolute Gasteiger partial charge is 0.398 e. The number of halogens is 5. The zero-order valence-corrected chi connectivity index (χ0v) is 17.7. The molecular weight excluding hydrogens is 446 g/mol. The molecule has 0 radical (unpaired) electrons. The van der Waals surface area contributed by atoms with Crippen LogP contribution in [0.4, 0.5) is 29.1 Å². The summed E-state index contributed by atoms with van der Waals surface area (Å²) in [4.78, 5) is 10.0. The predicted molar refractivity (Wildman–Crippen MR) is 116 cm³/mol. The van der Waals surface area contributed by atoms with Crippen LogP contribution in [0.1, 0.15) is 12.0 Å². The average molecular weight is 464 g/mol. The predicted octanol–water partition coefficient (Wildman–Crippen LogP) is 4.49. The molecule has 3 aromatic rings. The van der Waals surface area contributed by atoms with E-state index in [-0.39, 0.29) is 52.0 Å². The van der Waals surface area contributed by atoms with Gasteiger partial charge in [-0.25, -0.2) is 14.4 Å². The van der Waals surface area contributed by atoms with Gasteiger partial charge in [-0.05, 0) is 44.3 Å². The molecule has 4 N–H and O–H groups in total. The SMILES string of the molecule is CN1CCC(C#Cc2cc3nc(-c4cccc(Cl)c4F)nc(N)c3cc2N)(C(F)(F)F)C1. The maximum absolute atomic E-state index is 14.4. The second-order valence-electron chi connectivity index (χ2n) is 7.81. The van der Waals surface area contributed by atoms with Crippen molar-refractivity contribution in [3.05, 3.63) is 46.7 Å². The van der Waals surface area contributed by atoms with Gasteiger partial charge in [0.05, 0.1) is 16.1 Å². The minimum atomic E-state index is -4.49. The summed E-state index contributed by atoms with van der Waals surface area (Å²) in [6, 6.07) is 7.26. The third kappa shape index (κ3) is 3.80. The Morgan fingerprint density at radius 1 is 1.19 bits per heavy atom. The number of likely N-dealkylation sites (tertiary alicyclic amines) is 1. The van der Waals surface area contributed by atoms with Gasteiger partial charge >= 0.3 is 6.18 Å². The monoisotopic (exact) mass is 463 g/mol. The fourth-order valence-electron chi connectivity index (χ4n) is 3.71. The Morgan fingerprint density at radius 3 is 2.59 bits per heavy atom. The zero-order chi connectivity index (χ0) is 23.3. The van der Waals surface area contributed by atoms with Crippen LogP contribution in [0.5, 0.6) is 0 Å². The molecule has 1 aromatic heterocycles. The summed E-state index contributed by atoms with van der Waals surface area (Å²) in [6.07, 6.45) is -4.61. The standard InChI is InChI=1S/C22H18ClF4N5/c1-32-8-7-21(11-32,22(25,26)27)6-5-12-9-17-14(10-16(12)28)19(29)31-20(30-17)13-3-2-4-15(23)18(13)24/h2-4,9-10H,7-8,11,28H2,1H3,(H2,29,30,31). The molecule has 166 valence electrons. The Morgan fingerprint density at radius 2 is 1.94 bits per heavy atom. The molecule has 2 aromatic carbocycles. The first kappa shape index (κ1) is 22.1. The van der Waals surface area contributed by atoms with Gasteiger partial charge in [0, 0.05) is 23.2 Å². The number of benzene rings is 2. The third-order valence-corrected chi connectivity index (χ3v) is 5.82. The average Bonchev–Trinajstić information content (AvgIpc) is 3.11. The number of alkyl halides is 3. The largest absolute Gasteiger partial charge is 0.406 e. The Bertz CT molecular complexity index is 1280. The summed E-state index contributed by atoms with van der Waals surface area (Å²) in [5, 5.41) is 0.276. The summed E-state index contributed by atoms with van der Waals surface area (Å²) in [7, 11) is 1.62. The van der Waals surface area contributed by atoms with Gasteiger partial charge in [0.1, 0.15) is 11.2 Å². The lowest BCUT2D eigenvalue weighted by Gasteiger charge is -2.25. The number of nitrogen functional groups attached to an aromatic ring is 2. The van der Waals surface area contributed by atoms with Gasteiger partial charge in [-0.3, -0.25) is 0 Å². The fraction of sp³-hybridized carbons (Fsp3) is 0.273. The molecular formula is C22H18ClF4N5. The van der Waals surface area contributed by atoms with Crippen LogP contribution in [0, 0.1) is 23.1 Å². The van der Waals surface area contributed by atoms with Crippen molar-refractivity contribution < 1.29 is 17.6 Å². The van der Waals surface area contributed by atoms with Crippen molar-refractivity contribution in [2.45, 2.75) is 12.6 Å². The number of fused-ring (bicyclic) bond motifs is 1. The van der Waals surface area contributed by atoms with E-state index in [1.807, 2.05) is 0 Å². The Kier molecular flexibility index (Phi) is 5.39. The highest BCUT2D eigenvalue weighted by molar-refractivity contribution is 6.31. The molecule has 0 amide bonds. The molecule has 2 heterocycles. The minimum absolute atomic E-state index is 0.0112. The normalized spacial score (nSPS) is 19.2. The van der Waals surface area contributed by atoms with Crippen LogP contribution in [0.2, 0.25) is 5.02 Å². The van der Waals surface area contributed by atoms with E-state index in [1.54, 1.807) is 18.0 Å². The van der Waals surface area contributed by atoms with Gasteiger partial charge in [-0.15, -0.1) is 0 Å². The molecule has 4 rings (SSSR count). The van der Waals surface area contributed by atoms with Crippen LogP contribution >= 0.6 is 11.6 Å². The number of hydrogen-bond donors (Lipinski definition) is 2. The Labute approximate surface area is 186 Å². The van der Waals surface area contributed by atoms with E-state index in [1.165, 1.54) is 24.3 Å². The quantitative estimate of drug-likeness (QED) is 0.316. The van der Waals surface area contributed by atoms with Crippen molar-refractivity contribution in [1.29, 1.82) is 0 Å². The molecule has 5 nitrogen and oxygen atoms in total. The topological polar surface area (TPSA) is 81.1 Å². The van der Waals surface area contributed by atoms with Crippen molar-refractivity contribution in [1.82, 2.24) is 14.9 Å². The highest BCUT2D eigenvalue weighted by atomic mass is 35.5. The van der Waals surface area contributed by atoms with E-state index >= 15 is 0 Å². The molecule has 0 spiro atoms. The summed E-state index contributed by atoms with van der Waals surface area (Å²) < 4.78 is 55.7. The number of anilines is 2. The van der Waals surface area contributed by atoms with Gasteiger partial charge in [0.15, 0.2) is 11.6 Å². The van der Waals surface area contributed by atoms with Gasteiger partial charge in [-0.2, -0.15) is 13.2 Å². The van der Waals surface area contributed by atoms with Crippen molar-refractivity contribution >= 4 is 34.0 Å². The maximum Gasteiger partial charge on any atom is 0.406 e. The molecule has 10 heteroatoms. The first-order chi connectivity index (χ1) is 15.0. The van der Waals surface area contributed by atoms with Crippen LogP contribution in [-0.4, -0.2) is 41.2 Å². The fourth-order valence-corrected chi connectivity index (χ4v) is 3.89. The maximum atomic E-state index is 14.4. The van der Waals surface area contributed by atoms with Gasteiger partial charge in [0.2, 0.25) is 0 Å². The Balaban J connectivity index is 1.84. The van der Waals surface area contributed by atoms with Crippen LogP contribution in [0.3, 0.4) is 0 Å². The highest BCUT2D eigenvalue weighted by Crippen LogP contribution is 2.44. The van der Waals surface area contributed by atoms with Gasteiger partial charge in [-0.1, -0.05) is 29.5 Å². The van der Waals surface area contributed by atoms with E-state index in [9.17, 15) is 17.6 Å². The molecule has 1 atom stereocenters. The van der Waals surface area contributed by atoms with Crippen molar-refractivity contribution in [3.8, 4) is 23.2 Å². The molecule has 0 aliphatic carbocycles. The first-order valence-electron chi connectivity index (χ1n) is 9.60. The second-order valence-corrected chi connectivity index (χ2v) is 8.22. The van der Waals surface area contributed by atoms with Gasteiger partial charge in [0.25, 0.3) is 0 Å². The van der Waals surface area contributed by atoms with Crippen LogP contribution < -0.4 is 11.5 Å². The Hall–Kier alpha value is -3.09.